The maximum atomic E-state index is 6.11. The Morgan fingerprint density at radius 3 is 3.00 bits per heavy atom. The van der Waals surface area contributed by atoms with Gasteiger partial charge in [0.15, 0.2) is 0 Å². The fourth-order valence-electron chi connectivity index (χ4n) is 3.68. The van der Waals surface area contributed by atoms with Crippen LogP contribution in [0, 0.1) is 0 Å². The molecule has 0 saturated carbocycles. The molecule has 4 heteroatoms. The van der Waals surface area contributed by atoms with Gasteiger partial charge in [-0.2, -0.15) is 0 Å². The van der Waals surface area contributed by atoms with Crippen LogP contribution in [0.4, 0.5) is 5.69 Å². The highest BCUT2D eigenvalue weighted by Crippen LogP contribution is 2.31. The zero-order valence-electron chi connectivity index (χ0n) is 13.2. The predicted octanol–water partition coefficient (Wildman–Crippen LogP) is 1.79. The van der Waals surface area contributed by atoms with Gasteiger partial charge in [-0.15, -0.1) is 0 Å². The minimum atomic E-state index is 0.307. The molecule has 0 bridgehead atoms. The number of benzene rings is 1. The third-order valence-corrected chi connectivity index (χ3v) is 4.88. The topological polar surface area (TPSA) is 41.7 Å². The highest BCUT2D eigenvalue weighted by atomic mass is 16.5. The molecule has 1 fully saturated rings. The molecule has 21 heavy (non-hydrogen) atoms. The number of rotatable bonds is 3. The van der Waals surface area contributed by atoms with Gasteiger partial charge in [0.25, 0.3) is 0 Å². The van der Waals surface area contributed by atoms with Crippen LogP contribution in [0.5, 0.6) is 0 Å². The van der Waals surface area contributed by atoms with Gasteiger partial charge < -0.3 is 15.4 Å². The normalized spacial score (nSPS) is 24.7. The minimum absolute atomic E-state index is 0.307. The number of morpholine rings is 1. The van der Waals surface area contributed by atoms with E-state index < -0.39 is 0 Å². The highest BCUT2D eigenvalue weighted by molar-refractivity contribution is 5.56. The molecule has 2 unspecified atom stereocenters. The van der Waals surface area contributed by atoms with Gasteiger partial charge in [-0.3, -0.25) is 4.90 Å². The highest BCUT2D eigenvalue weighted by Gasteiger charge is 2.27. The van der Waals surface area contributed by atoms with E-state index in [9.17, 15) is 0 Å². The van der Waals surface area contributed by atoms with E-state index in [0.717, 1.165) is 26.3 Å². The third kappa shape index (κ3) is 2.93. The molecule has 116 valence electrons. The van der Waals surface area contributed by atoms with Crippen LogP contribution in [0.25, 0.3) is 0 Å². The second kappa shape index (κ2) is 6.34. The van der Waals surface area contributed by atoms with Crippen molar-refractivity contribution in [1.82, 2.24) is 4.90 Å². The van der Waals surface area contributed by atoms with Crippen LogP contribution >= 0.6 is 0 Å². The average Bonchev–Trinajstić information content (AvgIpc) is 2.50. The van der Waals surface area contributed by atoms with Crippen LogP contribution in [0.3, 0.4) is 0 Å². The molecule has 0 spiro atoms. The molecule has 2 N–H and O–H groups in total. The van der Waals surface area contributed by atoms with Crippen molar-refractivity contribution in [3.05, 3.63) is 29.3 Å². The largest absolute Gasteiger partial charge is 0.379 e. The summed E-state index contributed by atoms with van der Waals surface area (Å²) in [6.45, 7) is 6.65. The van der Waals surface area contributed by atoms with Crippen molar-refractivity contribution in [3.63, 3.8) is 0 Å². The van der Waals surface area contributed by atoms with Crippen LogP contribution < -0.4 is 10.6 Å². The zero-order valence-corrected chi connectivity index (χ0v) is 13.2. The van der Waals surface area contributed by atoms with Crippen LogP contribution in [-0.4, -0.2) is 50.8 Å². The Kier molecular flexibility index (Phi) is 4.48. The van der Waals surface area contributed by atoms with Crippen molar-refractivity contribution in [1.29, 1.82) is 0 Å². The Bertz CT molecular complexity index is 491. The summed E-state index contributed by atoms with van der Waals surface area (Å²) in [5, 5.41) is 0. The quantitative estimate of drug-likeness (QED) is 0.921. The number of aryl methyl sites for hydroxylation is 1. The first-order chi connectivity index (χ1) is 10.2. The third-order valence-electron chi connectivity index (χ3n) is 4.88. The molecule has 0 radical (unpaired) electrons. The fraction of sp³-hybridized carbons (Fsp3) is 0.647. The Hall–Kier alpha value is -1.10. The second-order valence-corrected chi connectivity index (χ2v) is 6.33. The first-order valence-electron chi connectivity index (χ1n) is 8.08. The summed E-state index contributed by atoms with van der Waals surface area (Å²) in [5.74, 6) is 0. The van der Waals surface area contributed by atoms with Crippen molar-refractivity contribution in [2.45, 2.75) is 31.8 Å². The molecule has 3 rings (SSSR count). The molecule has 2 aliphatic heterocycles. The summed E-state index contributed by atoms with van der Waals surface area (Å²) >= 11 is 0. The molecular weight excluding hydrogens is 262 g/mol. The van der Waals surface area contributed by atoms with E-state index >= 15 is 0 Å². The maximum absolute atomic E-state index is 6.11. The number of ether oxygens (including phenoxy) is 1. The van der Waals surface area contributed by atoms with E-state index in [0.29, 0.717) is 18.6 Å². The average molecular weight is 289 g/mol. The van der Waals surface area contributed by atoms with E-state index in [2.05, 4.69) is 42.0 Å². The van der Waals surface area contributed by atoms with E-state index in [1.807, 2.05) is 0 Å². The Balaban J connectivity index is 1.87. The van der Waals surface area contributed by atoms with E-state index in [1.54, 1.807) is 0 Å². The zero-order chi connectivity index (χ0) is 14.8. The number of hydrogen-bond acceptors (Lipinski definition) is 4. The van der Waals surface area contributed by atoms with Gasteiger partial charge in [-0.1, -0.05) is 12.1 Å². The molecule has 1 aromatic carbocycles. The maximum Gasteiger partial charge on any atom is 0.0620 e. The second-order valence-electron chi connectivity index (χ2n) is 6.33. The van der Waals surface area contributed by atoms with Gasteiger partial charge in [0.1, 0.15) is 0 Å². The minimum Gasteiger partial charge on any atom is -0.379 e. The van der Waals surface area contributed by atoms with Gasteiger partial charge >= 0.3 is 0 Å². The summed E-state index contributed by atoms with van der Waals surface area (Å²) in [5.41, 5.74) is 10.3. The standard InChI is InChI=1S/C17H27N3O/c1-13-12-21-9-8-20(13)17(11-18)15-5-6-16-14(10-15)4-3-7-19(16)2/h5-6,10,13,17H,3-4,7-9,11-12,18H2,1-2H3. The Morgan fingerprint density at radius 1 is 1.38 bits per heavy atom. The number of hydrogen-bond donors (Lipinski definition) is 1. The van der Waals surface area contributed by atoms with Crippen molar-refractivity contribution in [3.8, 4) is 0 Å². The van der Waals surface area contributed by atoms with Crippen molar-refractivity contribution >= 4 is 5.69 Å². The Labute approximate surface area is 127 Å². The van der Waals surface area contributed by atoms with Gasteiger partial charge in [-0.25, -0.2) is 0 Å². The first kappa shape index (κ1) is 14.8. The molecule has 1 aromatic rings. The van der Waals surface area contributed by atoms with Gasteiger partial charge in [0, 0.05) is 44.5 Å². The van der Waals surface area contributed by atoms with Crippen molar-refractivity contribution < 1.29 is 4.74 Å². The van der Waals surface area contributed by atoms with Crippen LogP contribution in [-0.2, 0) is 11.2 Å². The van der Waals surface area contributed by atoms with Gasteiger partial charge in [0.05, 0.1) is 13.2 Å². The molecule has 2 aliphatic rings. The molecule has 0 amide bonds. The molecule has 2 heterocycles. The molecule has 0 aliphatic carbocycles. The summed E-state index contributed by atoms with van der Waals surface area (Å²) in [6.07, 6.45) is 2.43. The van der Waals surface area contributed by atoms with Crippen molar-refractivity contribution in [2.75, 3.05) is 44.8 Å². The molecule has 1 saturated heterocycles. The number of fused-ring (bicyclic) bond motifs is 1. The van der Waals surface area contributed by atoms with Crippen LogP contribution in [0.1, 0.15) is 30.5 Å². The summed E-state index contributed by atoms with van der Waals surface area (Å²) in [7, 11) is 2.18. The molecular formula is C17H27N3O. The lowest BCUT2D eigenvalue weighted by Crippen LogP contribution is -2.47. The predicted molar refractivity (Wildman–Crippen MR) is 86.8 cm³/mol. The number of nitrogens with zero attached hydrogens (tertiary/aromatic N) is 2. The van der Waals surface area contributed by atoms with Gasteiger partial charge in [-0.05, 0) is 37.0 Å². The SMILES string of the molecule is CC1COCCN1C(CN)c1ccc2c(c1)CCCN2C. The lowest BCUT2D eigenvalue weighted by molar-refractivity contribution is -0.0209. The number of anilines is 1. The van der Waals surface area contributed by atoms with Crippen LogP contribution in [0.15, 0.2) is 18.2 Å². The molecule has 0 aromatic heterocycles. The van der Waals surface area contributed by atoms with Crippen LogP contribution in [0.2, 0.25) is 0 Å². The Morgan fingerprint density at radius 2 is 2.24 bits per heavy atom. The lowest BCUT2D eigenvalue weighted by atomic mass is 9.95. The summed E-state index contributed by atoms with van der Waals surface area (Å²) < 4.78 is 5.56. The smallest absolute Gasteiger partial charge is 0.0620 e. The fourth-order valence-corrected chi connectivity index (χ4v) is 3.68. The molecule has 4 nitrogen and oxygen atoms in total. The first-order valence-corrected chi connectivity index (χ1v) is 8.08. The van der Waals surface area contributed by atoms with E-state index in [-0.39, 0.29) is 0 Å². The molecule has 2 atom stereocenters. The number of nitrogens with two attached hydrogens (primary N) is 1. The van der Waals surface area contributed by atoms with Gasteiger partial charge in [0.2, 0.25) is 0 Å². The lowest BCUT2D eigenvalue weighted by Gasteiger charge is -2.39. The monoisotopic (exact) mass is 289 g/mol. The van der Waals surface area contributed by atoms with E-state index in [4.69, 9.17) is 10.5 Å². The van der Waals surface area contributed by atoms with Crippen molar-refractivity contribution in [2.24, 2.45) is 5.73 Å². The summed E-state index contributed by atoms with van der Waals surface area (Å²) in [4.78, 5) is 4.86. The summed E-state index contributed by atoms with van der Waals surface area (Å²) in [6, 6.07) is 7.66. The van der Waals surface area contributed by atoms with E-state index in [1.165, 1.54) is 29.7 Å².